The number of carbonyl (C=O) groups excluding carboxylic acids is 2. The van der Waals surface area contributed by atoms with E-state index in [1.54, 1.807) is 6.08 Å². The molecule has 348 valence electrons. The molecule has 1 fully saturated rings. The van der Waals surface area contributed by atoms with E-state index in [1.165, 1.54) is 64.2 Å². The number of unbranched alkanes of at least 4 members (excludes halogenated alkanes) is 17. The number of aliphatic hydroxyl groups excluding tert-OH is 5. The normalized spacial score (nSPS) is 20.8. The molecule has 0 aliphatic heterocycles. The lowest BCUT2D eigenvalue weighted by Crippen LogP contribution is -2.29. The molecule has 8 atom stereocenters. The zero-order chi connectivity index (χ0) is 43.7. The van der Waals surface area contributed by atoms with Crippen LogP contribution in [-0.4, -0.2) is 99.3 Å². The van der Waals surface area contributed by atoms with Gasteiger partial charge in [0.05, 0.1) is 38.1 Å². The van der Waals surface area contributed by atoms with Crippen molar-refractivity contribution in [3.63, 3.8) is 0 Å². The summed E-state index contributed by atoms with van der Waals surface area (Å²) in [6.45, 7) is 4.38. The molecule has 0 saturated heterocycles. The lowest BCUT2D eigenvalue weighted by atomic mass is 9.88. The number of hydrogen-bond acceptors (Lipinski definition) is 12. The molecule has 0 aromatic carbocycles. The summed E-state index contributed by atoms with van der Waals surface area (Å²) in [5, 5.41) is 49.8. The molecule has 6 N–H and O–H groups in total. The first-order chi connectivity index (χ1) is 28.3. The van der Waals surface area contributed by atoms with Crippen LogP contribution in [0.5, 0.6) is 0 Å². The van der Waals surface area contributed by atoms with Gasteiger partial charge >= 0.3 is 19.8 Å². The van der Waals surface area contributed by atoms with Crippen LogP contribution in [0.2, 0.25) is 0 Å². The molecule has 0 spiro atoms. The Labute approximate surface area is 356 Å². The standard InChI is InChI=1S/C45H85O13P/c1-4-5-19-25-37(47)29-30-41-40(42(49)31-43(41)50)26-21-17-18-23-28-45(52)58-39(35-57-59(53,54)56-33-38(48)32-46)34-55-44(51)27-22-16-14-12-10-8-6-7-9-11-13-15-20-24-36(2)3/h29-30,36-43,46-50H,4-28,31-35H2,1-3H3,(H,53,54)/b30-29+/t37-,38-,39+,40+,41+,42-,43+/m0/s1. The maximum absolute atomic E-state index is 12.8. The monoisotopic (exact) mass is 865 g/mol. The van der Waals surface area contributed by atoms with Gasteiger partial charge in [0, 0.05) is 25.2 Å². The summed E-state index contributed by atoms with van der Waals surface area (Å²) in [5.41, 5.74) is 0. The number of esters is 2. The number of aliphatic hydroxyl groups is 5. The smallest absolute Gasteiger partial charge is 0.462 e. The van der Waals surface area contributed by atoms with Crippen molar-refractivity contribution in [3.05, 3.63) is 12.2 Å². The summed E-state index contributed by atoms with van der Waals surface area (Å²) in [6.07, 6.45) is 23.8. The average molecular weight is 865 g/mol. The van der Waals surface area contributed by atoms with E-state index in [4.69, 9.17) is 19.1 Å². The molecule has 1 saturated carbocycles. The largest absolute Gasteiger partial charge is 0.472 e. The second kappa shape index (κ2) is 35.1. The maximum atomic E-state index is 12.8. The zero-order valence-electron chi connectivity index (χ0n) is 37.0. The SMILES string of the molecule is CCCCC[C@H](O)/C=C/[C@@H]1[C@@H](CCCCCCC(=O)O[C@H](COC(=O)CCCCCCCCCCCCCCCC(C)C)COP(=O)(O)OC[C@@H](O)CO)[C@@H](O)C[C@H]1O. The van der Waals surface area contributed by atoms with E-state index in [2.05, 4.69) is 25.3 Å². The number of phosphoric acid groups is 1. The van der Waals surface area contributed by atoms with Crippen molar-refractivity contribution in [2.45, 2.75) is 218 Å². The van der Waals surface area contributed by atoms with Gasteiger partial charge in [-0.3, -0.25) is 18.6 Å². The van der Waals surface area contributed by atoms with Crippen molar-refractivity contribution in [3.8, 4) is 0 Å². The van der Waals surface area contributed by atoms with Gasteiger partial charge in [0.15, 0.2) is 6.10 Å². The Morgan fingerprint density at radius 3 is 1.80 bits per heavy atom. The molecule has 0 aromatic rings. The van der Waals surface area contributed by atoms with Crippen molar-refractivity contribution >= 4 is 19.8 Å². The number of rotatable bonds is 39. The molecular formula is C45H85O13P. The van der Waals surface area contributed by atoms with Gasteiger partial charge in [-0.1, -0.05) is 155 Å². The van der Waals surface area contributed by atoms with Gasteiger partial charge in [0.1, 0.15) is 12.7 Å². The van der Waals surface area contributed by atoms with Crippen LogP contribution >= 0.6 is 7.82 Å². The highest BCUT2D eigenvalue weighted by atomic mass is 31.2. The van der Waals surface area contributed by atoms with Crippen LogP contribution in [0, 0.1) is 17.8 Å². The fraction of sp³-hybridized carbons (Fsp3) is 0.911. The third-order valence-electron chi connectivity index (χ3n) is 11.2. The summed E-state index contributed by atoms with van der Waals surface area (Å²) in [6, 6.07) is 0. The van der Waals surface area contributed by atoms with Crippen molar-refractivity contribution in [2.24, 2.45) is 17.8 Å². The molecule has 1 rings (SSSR count). The van der Waals surface area contributed by atoms with E-state index in [1.807, 2.05) is 6.08 Å². The predicted molar refractivity (Wildman–Crippen MR) is 230 cm³/mol. The Morgan fingerprint density at radius 1 is 0.695 bits per heavy atom. The van der Waals surface area contributed by atoms with E-state index >= 15 is 0 Å². The molecule has 1 aliphatic rings. The highest BCUT2D eigenvalue weighted by molar-refractivity contribution is 7.47. The lowest BCUT2D eigenvalue weighted by molar-refractivity contribution is -0.161. The summed E-state index contributed by atoms with van der Waals surface area (Å²) < 4.78 is 32.8. The first kappa shape index (κ1) is 55.6. The van der Waals surface area contributed by atoms with Gasteiger partial charge < -0.3 is 39.9 Å². The van der Waals surface area contributed by atoms with E-state index < -0.39 is 70.1 Å². The van der Waals surface area contributed by atoms with Gasteiger partial charge in [-0.05, 0) is 37.5 Å². The summed E-state index contributed by atoms with van der Waals surface area (Å²) in [5.74, 6) is -0.584. The fourth-order valence-electron chi connectivity index (χ4n) is 7.57. The van der Waals surface area contributed by atoms with Crippen LogP contribution in [0.1, 0.15) is 188 Å². The summed E-state index contributed by atoms with van der Waals surface area (Å²) in [4.78, 5) is 35.3. The van der Waals surface area contributed by atoms with Gasteiger partial charge in [0.2, 0.25) is 0 Å². The second-order valence-corrected chi connectivity index (χ2v) is 18.7. The summed E-state index contributed by atoms with van der Waals surface area (Å²) >= 11 is 0. The van der Waals surface area contributed by atoms with Crippen LogP contribution < -0.4 is 0 Å². The molecule has 59 heavy (non-hydrogen) atoms. The van der Waals surface area contributed by atoms with Crippen LogP contribution in [0.4, 0.5) is 0 Å². The molecule has 1 unspecified atom stereocenters. The molecule has 1 aliphatic carbocycles. The van der Waals surface area contributed by atoms with Gasteiger partial charge in [-0.25, -0.2) is 4.57 Å². The van der Waals surface area contributed by atoms with E-state index in [-0.39, 0.29) is 31.3 Å². The van der Waals surface area contributed by atoms with E-state index in [9.17, 15) is 39.5 Å². The molecule has 0 bridgehead atoms. The van der Waals surface area contributed by atoms with E-state index in [0.29, 0.717) is 38.5 Å². The average Bonchev–Trinajstić information content (AvgIpc) is 3.47. The van der Waals surface area contributed by atoms with Crippen molar-refractivity contribution in [1.29, 1.82) is 0 Å². The second-order valence-electron chi connectivity index (χ2n) is 17.2. The highest BCUT2D eigenvalue weighted by Gasteiger charge is 2.39. The van der Waals surface area contributed by atoms with Crippen LogP contribution in [0.3, 0.4) is 0 Å². The Morgan fingerprint density at radius 2 is 1.22 bits per heavy atom. The molecule has 0 aromatic heterocycles. The Kier molecular flexibility index (Phi) is 33.1. The van der Waals surface area contributed by atoms with Crippen molar-refractivity contribution in [1.82, 2.24) is 0 Å². The topological polar surface area (TPSA) is 210 Å². The molecule has 13 nitrogen and oxygen atoms in total. The Balaban J connectivity index is 2.41. The highest BCUT2D eigenvalue weighted by Crippen LogP contribution is 2.43. The van der Waals surface area contributed by atoms with E-state index in [0.717, 1.165) is 57.3 Å². The number of carbonyl (C=O) groups is 2. The van der Waals surface area contributed by atoms with Gasteiger partial charge in [0.25, 0.3) is 0 Å². The Bertz CT molecular complexity index is 1120. The first-order valence-corrected chi connectivity index (χ1v) is 24.8. The van der Waals surface area contributed by atoms with Crippen LogP contribution in [0.25, 0.3) is 0 Å². The zero-order valence-corrected chi connectivity index (χ0v) is 37.9. The number of ether oxygens (including phenoxy) is 2. The summed E-state index contributed by atoms with van der Waals surface area (Å²) in [7, 11) is -4.68. The van der Waals surface area contributed by atoms with Crippen molar-refractivity contribution in [2.75, 3.05) is 26.4 Å². The number of hydrogen-bond donors (Lipinski definition) is 6. The molecular weight excluding hydrogens is 779 g/mol. The van der Waals surface area contributed by atoms with Crippen LogP contribution in [-0.2, 0) is 32.7 Å². The molecule has 0 heterocycles. The Hall–Kier alpha value is -1.41. The molecule has 0 radical (unpaired) electrons. The quantitative estimate of drug-likeness (QED) is 0.0148. The maximum Gasteiger partial charge on any atom is 0.472 e. The third kappa shape index (κ3) is 30.3. The first-order valence-electron chi connectivity index (χ1n) is 23.3. The molecule has 14 heteroatoms. The molecule has 0 amide bonds. The van der Waals surface area contributed by atoms with Crippen molar-refractivity contribution < 1.29 is 63.1 Å². The van der Waals surface area contributed by atoms with Gasteiger partial charge in [-0.2, -0.15) is 0 Å². The fourth-order valence-corrected chi connectivity index (χ4v) is 8.36. The third-order valence-corrected chi connectivity index (χ3v) is 12.1. The predicted octanol–water partition coefficient (Wildman–Crippen LogP) is 8.63. The number of phosphoric ester groups is 1. The lowest BCUT2D eigenvalue weighted by Gasteiger charge is -2.21. The minimum Gasteiger partial charge on any atom is -0.462 e. The minimum atomic E-state index is -4.68. The van der Waals surface area contributed by atoms with Gasteiger partial charge in [-0.15, -0.1) is 0 Å². The van der Waals surface area contributed by atoms with Crippen LogP contribution in [0.15, 0.2) is 12.2 Å². The minimum absolute atomic E-state index is 0.0606.